The van der Waals surface area contributed by atoms with Crippen LogP contribution in [0.15, 0.2) is 24.4 Å². The number of hydrogen-bond acceptors (Lipinski definition) is 4. The lowest BCUT2D eigenvalue weighted by Gasteiger charge is -2.36. The Morgan fingerprint density at radius 3 is 2.12 bits per heavy atom. The lowest BCUT2D eigenvalue weighted by molar-refractivity contribution is 0.112. The van der Waals surface area contributed by atoms with Crippen LogP contribution in [-0.2, 0) is 9.13 Å². The Kier molecular flexibility index (Phi) is 7.51. The van der Waals surface area contributed by atoms with Gasteiger partial charge in [-0.3, -0.25) is 13.6 Å². The average Bonchev–Trinajstić information content (AvgIpc) is 2.51. The molecule has 144 valence electrons. The van der Waals surface area contributed by atoms with Crippen molar-refractivity contribution >= 4 is 21.0 Å². The van der Waals surface area contributed by atoms with Gasteiger partial charge in [0.1, 0.15) is 0 Å². The monoisotopic (exact) mass is 397 g/mol. The van der Waals surface area contributed by atoms with Crippen LogP contribution in [-0.4, -0.2) is 54.9 Å². The van der Waals surface area contributed by atoms with Gasteiger partial charge in [0.15, 0.2) is 0 Å². The van der Waals surface area contributed by atoms with Crippen molar-refractivity contribution in [3.8, 4) is 0 Å². The summed E-state index contributed by atoms with van der Waals surface area (Å²) in [6.07, 6.45) is 3.51. The maximum Gasteiger partial charge on any atom is 0.369 e. The van der Waals surface area contributed by atoms with E-state index in [0.717, 1.165) is 19.3 Å². The Balaban J connectivity index is 3.13. The standard InChI is InChI=1S/C14H26N2O7P2/c1-3-4-7-11-16(2,13-8-5-6-10-15-13)12-9-14(17,24(18,19)20)25(21,22)23/h5-6,8,10,17H,3-4,7,9,11-12H2,1-2H3,(H3-,18,19,20,21,22,23)/p+1. The summed E-state index contributed by atoms with van der Waals surface area (Å²) >= 11 is 0. The molecular weight excluding hydrogens is 370 g/mol. The molecule has 9 nitrogen and oxygen atoms in total. The topological polar surface area (TPSA) is 148 Å². The first-order chi connectivity index (χ1) is 11.4. The van der Waals surface area contributed by atoms with Crippen LogP contribution in [0.2, 0.25) is 0 Å². The highest BCUT2D eigenvalue weighted by molar-refractivity contribution is 7.72. The van der Waals surface area contributed by atoms with E-state index < -0.39 is 26.7 Å². The van der Waals surface area contributed by atoms with Crippen LogP contribution in [0, 0.1) is 0 Å². The van der Waals surface area contributed by atoms with Gasteiger partial charge in [-0.2, -0.15) is 0 Å². The molecule has 0 fully saturated rings. The van der Waals surface area contributed by atoms with E-state index in [4.69, 9.17) is 0 Å². The third-order valence-corrected chi connectivity index (χ3v) is 8.21. The highest BCUT2D eigenvalue weighted by Gasteiger charge is 2.60. The van der Waals surface area contributed by atoms with Crippen molar-refractivity contribution in [2.24, 2.45) is 0 Å². The minimum absolute atomic E-state index is 0.0898. The van der Waals surface area contributed by atoms with Crippen LogP contribution in [0.5, 0.6) is 0 Å². The third-order valence-electron chi connectivity index (χ3n) is 4.33. The van der Waals surface area contributed by atoms with Gasteiger partial charge in [-0.15, -0.1) is 0 Å². The van der Waals surface area contributed by atoms with E-state index in [9.17, 15) is 33.8 Å². The summed E-state index contributed by atoms with van der Waals surface area (Å²) in [5.74, 6) is 0.595. The van der Waals surface area contributed by atoms with E-state index in [1.165, 1.54) is 0 Å². The van der Waals surface area contributed by atoms with Gasteiger partial charge in [-0.05, 0) is 18.9 Å². The molecule has 1 rings (SSSR count). The number of pyridine rings is 1. The first-order valence-electron chi connectivity index (χ1n) is 7.97. The van der Waals surface area contributed by atoms with Crippen molar-refractivity contribution < 1.29 is 33.8 Å². The summed E-state index contributed by atoms with van der Waals surface area (Å²) in [6.45, 7) is 2.50. The van der Waals surface area contributed by atoms with E-state index in [1.54, 1.807) is 31.4 Å². The van der Waals surface area contributed by atoms with Gasteiger partial charge in [0.2, 0.25) is 5.82 Å². The number of aliphatic hydroxyl groups is 1. The lowest BCUT2D eigenvalue weighted by Crippen LogP contribution is -2.49. The first-order valence-corrected chi connectivity index (χ1v) is 11.2. The molecule has 1 unspecified atom stereocenters. The molecule has 0 aliphatic carbocycles. The van der Waals surface area contributed by atoms with E-state index >= 15 is 0 Å². The van der Waals surface area contributed by atoms with Crippen LogP contribution >= 0.6 is 15.2 Å². The number of aromatic nitrogens is 1. The molecule has 0 aliphatic rings. The molecule has 1 heterocycles. The maximum absolute atomic E-state index is 11.5. The predicted molar refractivity (Wildman–Crippen MR) is 94.9 cm³/mol. The second-order valence-electron chi connectivity index (χ2n) is 6.35. The molecule has 5 N–H and O–H groups in total. The molecule has 0 saturated heterocycles. The molecule has 1 aromatic rings. The van der Waals surface area contributed by atoms with E-state index in [0.29, 0.717) is 12.4 Å². The fourth-order valence-electron chi connectivity index (χ4n) is 2.58. The molecule has 0 saturated carbocycles. The molecule has 0 aromatic carbocycles. The van der Waals surface area contributed by atoms with Gasteiger partial charge in [-0.25, -0.2) is 4.98 Å². The SMILES string of the molecule is CCCCC[N+](C)(CCC(O)(P(=O)(O)O)P(=O)(O)O)c1ccccn1. The minimum Gasteiger partial charge on any atom is -0.367 e. The number of hydrogen-bond donors (Lipinski definition) is 5. The highest BCUT2D eigenvalue weighted by Crippen LogP contribution is 2.69. The van der Waals surface area contributed by atoms with Crippen molar-refractivity contribution in [3.63, 3.8) is 0 Å². The second-order valence-corrected chi connectivity index (χ2v) is 10.4. The highest BCUT2D eigenvalue weighted by atomic mass is 31.2. The van der Waals surface area contributed by atoms with E-state index in [-0.39, 0.29) is 11.0 Å². The number of rotatable bonds is 10. The van der Waals surface area contributed by atoms with Gasteiger partial charge < -0.3 is 24.7 Å². The largest absolute Gasteiger partial charge is 0.369 e. The quantitative estimate of drug-likeness (QED) is 0.227. The van der Waals surface area contributed by atoms with Crippen molar-refractivity contribution in [2.75, 3.05) is 20.1 Å². The molecule has 0 amide bonds. The minimum atomic E-state index is -5.46. The number of nitrogens with zero attached hydrogens (tertiary/aromatic N) is 2. The molecular formula is C14H27N2O7P2+. The van der Waals surface area contributed by atoms with Gasteiger partial charge in [0, 0.05) is 18.7 Å². The van der Waals surface area contributed by atoms with Gasteiger partial charge >= 0.3 is 15.2 Å². The van der Waals surface area contributed by atoms with Crippen LogP contribution in [0.25, 0.3) is 0 Å². The average molecular weight is 397 g/mol. The summed E-state index contributed by atoms with van der Waals surface area (Å²) in [5, 5.41) is 6.71. The number of unbranched alkanes of at least 4 members (excludes halogenated alkanes) is 2. The Morgan fingerprint density at radius 2 is 1.68 bits per heavy atom. The summed E-state index contributed by atoms with van der Waals surface area (Å²) < 4.78 is 23.2. The third kappa shape index (κ3) is 5.42. The summed E-state index contributed by atoms with van der Waals surface area (Å²) in [5.41, 5.74) is 0. The van der Waals surface area contributed by atoms with Gasteiger partial charge in [0.25, 0.3) is 5.08 Å². The molecule has 0 aliphatic heterocycles. The Morgan fingerprint density at radius 1 is 1.08 bits per heavy atom. The van der Waals surface area contributed by atoms with Crippen LogP contribution in [0.4, 0.5) is 5.82 Å². The molecule has 0 bridgehead atoms. The molecule has 0 radical (unpaired) electrons. The zero-order valence-electron chi connectivity index (χ0n) is 14.4. The fourth-order valence-corrected chi connectivity index (χ4v) is 4.72. The first kappa shape index (κ1) is 22.4. The Labute approximate surface area is 147 Å². The van der Waals surface area contributed by atoms with Crippen molar-refractivity contribution in [3.05, 3.63) is 24.4 Å². The molecule has 1 atom stereocenters. The van der Waals surface area contributed by atoms with Gasteiger partial charge in [0.05, 0.1) is 20.1 Å². The Bertz CT molecular complexity index is 624. The summed E-state index contributed by atoms with van der Waals surface area (Å²) in [4.78, 5) is 41.5. The lowest BCUT2D eigenvalue weighted by atomic mass is 10.2. The molecule has 25 heavy (non-hydrogen) atoms. The molecule has 0 spiro atoms. The fraction of sp³-hybridized carbons (Fsp3) is 0.643. The Hall–Kier alpha value is -0.630. The zero-order valence-corrected chi connectivity index (χ0v) is 16.2. The maximum atomic E-state index is 11.5. The van der Waals surface area contributed by atoms with Crippen LogP contribution < -0.4 is 4.48 Å². The number of quaternary nitrogens is 1. The molecule has 11 heteroatoms. The normalized spacial score (nSPS) is 15.8. The predicted octanol–water partition coefficient (Wildman–Crippen LogP) is 1.60. The van der Waals surface area contributed by atoms with E-state index in [1.807, 2.05) is 6.92 Å². The van der Waals surface area contributed by atoms with Crippen molar-refractivity contribution in [1.82, 2.24) is 9.47 Å². The van der Waals surface area contributed by atoms with Crippen molar-refractivity contribution in [2.45, 2.75) is 37.7 Å². The van der Waals surface area contributed by atoms with Gasteiger partial charge in [-0.1, -0.05) is 19.4 Å². The summed E-state index contributed by atoms with van der Waals surface area (Å²) in [7, 11) is -9.15. The second kappa shape index (κ2) is 8.37. The van der Waals surface area contributed by atoms with E-state index in [2.05, 4.69) is 4.98 Å². The zero-order chi connectivity index (χ0) is 19.4. The van der Waals surface area contributed by atoms with Crippen LogP contribution in [0.1, 0.15) is 32.6 Å². The molecule has 1 aromatic heterocycles. The van der Waals surface area contributed by atoms with Crippen LogP contribution in [0.3, 0.4) is 0 Å². The van der Waals surface area contributed by atoms with Crippen molar-refractivity contribution in [1.29, 1.82) is 0 Å². The summed E-state index contributed by atoms with van der Waals surface area (Å²) in [6, 6.07) is 5.22. The smallest absolute Gasteiger partial charge is 0.367 e.